The summed E-state index contributed by atoms with van der Waals surface area (Å²) >= 11 is 0. The Morgan fingerprint density at radius 1 is 1.33 bits per heavy atom. The molecule has 0 saturated heterocycles. The summed E-state index contributed by atoms with van der Waals surface area (Å²) in [4.78, 5) is 4.12. The summed E-state index contributed by atoms with van der Waals surface area (Å²) in [7, 11) is 1.79. The SMILES string of the molecule is CCCC(CCC)C(=NC)NN. The number of amidine groups is 1. The van der Waals surface area contributed by atoms with Gasteiger partial charge in [0.05, 0.1) is 0 Å². The highest BCUT2D eigenvalue weighted by Gasteiger charge is 2.11. The summed E-state index contributed by atoms with van der Waals surface area (Å²) in [6.07, 6.45) is 4.71. The van der Waals surface area contributed by atoms with Gasteiger partial charge in [-0.1, -0.05) is 26.7 Å². The highest BCUT2D eigenvalue weighted by Crippen LogP contribution is 2.13. The van der Waals surface area contributed by atoms with Crippen LogP contribution in [0.1, 0.15) is 39.5 Å². The monoisotopic (exact) mass is 171 g/mol. The minimum Gasteiger partial charge on any atom is -0.312 e. The zero-order valence-electron chi connectivity index (χ0n) is 8.43. The molecule has 3 heteroatoms. The van der Waals surface area contributed by atoms with E-state index in [9.17, 15) is 0 Å². The van der Waals surface area contributed by atoms with Gasteiger partial charge in [-0.3, -0.25) is 4.99 Å². The van der Waals surface area contributed by atoms with Gasteiger partial charge in [0.25, 0.3) is 0 Å². The van der Waals surface area contributed by atoms with Crippen molar-refractivity contribution in [3.63, 3.8) is 0 Å². The third-order valence-corrected chi connectivity index (χ3v) is 2.05. The van der Waals surface area contributed by atoms with Gasteiger partial charge in [-0.25, -0.2) is 5.84 Å². The Hall–Kier alpha value is -0.570. The number of nitrogens with two attached hydrogens (primary N) is 1. The molecule has 0 heterocycles. The molecule has 0 aromatic carbocycles. The number of hydrazine groups is 1. The Bertz CT molecular complexity index is 126. The molecular weight excluding hydrogens is 150 g/mol. The van der Waals surface area contributed by atoms with E-state index >= 15 is 0 Å². The molecule has 0 aliphatic carbocycles. The first kappa shape index (κ1) is 11.4. The predicted octanol–water partition coefficient (Wildman–Crippen LogP) is 1.69. The fourth-order valence-corrected chi connectivity index (χ4v) is 1.48. The summed E-state index contributed by atoms with van der Waals surface area (Å²) < 4.78 is 0. The van der Waals surface area contributed by atoms with Crippen molar-refractivity contribution in [1.82, 2.24) is 5.43 Å². The normalized spacial score (nSPS) is 12.2. The highest BCUT2D eigenvalue weighted by atomic mass is 15.2. The van der Waals surface area contributed by atoms with E-state index in [1.54, 1.807) is 7.05 Å². The van der Waals surface area contributed by atoms with Crippen LogP contribution >= 0.6 is 0 Å². The van der Waals surface area contributed by atoms with Crippen LogP contribution in [0.15, 0.2) is 4.99 Å². The first-order valence-electron chi connectivity index (χ1n) is 4.73. The van der Waals surface area contributed by atoms with Crippen molar-refractivity contribution in [3.05, 3.63) is 0 Å². The minimum atomic E-state index is 0.523. The van der Waals surface area contributed by atoms with Crippen molar-refractivity contribution in [2.45, 2.75) is 39.5 Å². The fraction of sp³-hybridized carbons (Fsp3) is 0.889. The van der Waals surface area contributed by atoms with E-state index in [2.05, 4.69) is 24.3 Å². The Labute approximate surface area is 75.4 Å². The average molecular weight is 171 g/mol. The molecule has 0 amide bonds. The highest BCUT2D eigenvalue weighted by molar-refractivity contribution is 5.83. The molecule has 0 fully saturated rings. The van der Waals surface area contributed by atoms with Crippen LogP contribution in [0.25, 0.3) is 0 Å². The van der Waals surface area contributed by atoms with E-state index in [4.69, 9.17) is 5.84 Å². The number of hydrogen-bond acceptors (Lipinski definition) is 2. The molecular formula is C9H21N3. The van der Waals surface area contributed by atoms with Crippen LogP contribution in [0, 0.1) is 5.92 Å². The average Bonchev–Trinajstić information content (AvgIpc) is 2.07. The van der Waals surface area contributed by atoms with Crippen LogP contribution < -0.4 is 11.3 Å². The van der Waals surface area contributed by atoms with E-state index in [0.29, 0.717) is 5.92 Å². The van der Waals surface area contributed by atoms with Crippen molar-refractivity contribution >= 4 is 5.84 Å². The van der Waals surface area contributed by atoms with Crippen LogP contribution in [0.3, 0.4) is 0 Å². The second-order valence-electron chi connectivity index (χ2n) is 3.03. The quantitative estimate of drug-likeness (QED) is 0.286. The van der Waals surface area contributed by atoms with Crippen molar-refractivity contribution in [3.8, 4) is 0 Å². The van der Waals surface area contributed by atoms with Crippen molar-refractivity contribution in [1.29, 1.82) is 0 Å². The maximum Gasteiger partial charge on any atom is 0.113 e. The van der Waals surface area contributed by atoms with E-state index < -0.39 is 0 Å². The Kier molecular flexibility index (Phi) is 6.76. The first-order valence-corrected chi connectivity index (χ1v) is 4.73. The van der Waals surface area contributed by atoms with Gasteiger partial charge in [-0.05, 0) is 12.8 Å². The summed E-state index contributed by atoms with van der Waals surface area (Å²) in [6.45, 7) is 4.37. The molecule has 0 saturated carbocycles. The summed E-state index contributed by atoms with van der Waals surface area (Å²) in [5, 5.41) is 0. The zero-order valence-corrected chi connectivity index (χ0v) is 8.43. The van der Waals surface area contributed by atoms with Crippen LogP contribution in [0.2, 0.25) is 0 Å². The summed E-state index contributed by atoms with van der Waals surface area (Å²) in [5.74, 6) is 6.83. The lowest BCUT2D eigenvalue weighted by Crippen LogP contribution is -2.36. The third-order valence-electron chi connectivity index (χ3n) is 2.05. The lowest BCUT2D eigenvalue weighted by molar-refractivity contribution is 0.544. The van der Waals surface area contributed by atoms with Crippen molar-refractivity contribution < 1.29 is 0 Å². The maximum atomic E-state index is 5.36. The Balaban J connectivity index is 4.06. The molecule has 0 bridgehead atoms. The van der Waals surface area contributed by atoms with Gasteiger partial charge >= 0.3 is 0 Å². The number of nitrogens with zero attached hydrogens (tertiary/aromatic N) is 1. The zero-order chi connectivity index (χ0) is 9.40. The van der Waals surface area contributed by atoms with Gasteiger partial charge in [0.2, 0.25) is 0 Å². The molecule has 0 aromatic heterocycles. The van der Waals surface area contributed by atoms with Crippen LogP contribution in [-0.4, -0.2) is 12.9 Å². The Morgan fingerprint density at radius 2 is 1.83 bits per heavy atom. The van der Waals surface area contributed by atoms with Crippen LogP contribution in [0.4, 0.5) is 0 Å². The smallest absolute Gasteiger partial charge is 0.113 e. The number of rotatable bonds is 5. The molecule has 0 rings (SSSR count). The standard InChI is InChI=1S/C9H21N3/c1-4-6-8(7-5-2)9(11-3)12-10/h8H,4-7,10H2,1-3H3,(H,11,12). The molecule has 0 unspecified atom stereocenters. The lowest BCUT2D eigenvalue weighted by atomic mass is 9.97. The summed E-state index contributed by atoms with van der Waals surface area (Å²) in [6, 6.07) is 0. The minimum absolute atomic E-state index is 0.523. The fourth-order valence-electron chi connectivity index (χ4n) is 1.48. The lowest BCUT2D eigenvalue weighted by Gasteiger charge is -2.16. The Morgan fingerprint density at radius 3 is 2.08 bits per heavy atom. The largest absolute Gasteiger partial charge is 0.312 e. The van der Waals surface area contributed by atoms with Crippen molar-refractivity contribution in [2.24, 2.45) is 16.8 Å². The molecule has 3 nitrogen and oxygen atoms in total. The number of aliphatic imine (C=N–C) groups is 1. The second kappa shape index (κ2) is 7.10. The molecule has 0 aliphatic rings. The molecule has 0 radical (unpaired) electrons. The second-order valence-corrected chi connectivity index (χ2v) is 3.03. The van der Waals surface area contributed by atoms with E-state index in [1.165, 1.54) is 25.7 Å². The van der Waals surface area contributed by atoms with E-state index in [-0.39, 0.29) is 0 Å². The van der Waals surface area contributed by atoms with E-state index in [0.717, 1.165) is 5.84 Å². The van der Waals surface area contributed by atoms with Crippen LogP contribution in [-0.2, 0) is 0 Å². The molecule has 72 valence electrons. The van der Waals surface area contributed by atoms with E-state index in [1.807, 2.05) is 0 Å². The van der Waals surface area contributed by atoms with Gasteiger partial charge < -0.3 is 5.43 Å². The van der Waals surface area contributed by atoms with Crippen LogP contribution in [0.5, 0.6) is 0 Å². The topological polar surface area (TPSA) is 50.4 Å². The van der Waals surface area contributed by atoms with Gasteiger partial charge in [0.15, 0.2) is 0 Å². The molecule has 0 atom stereocenters. The molecule has 0 aromatic rings. The molecule has 0 aliphatic heterocycles. The van der Waals surface area contributed by atoms with Gasteiger partial charge in [0.1, 0.15) is 5.84 Å². The van der Waals surface area contributed by atoms with Crippen molar-refractivity contribution in [2.75, 3.05) is 7.05 Å². The number of nitrogens with one attached hydrogen (secondary N) is 1. The number of hydrogen-bond donors (Lipinski definition) is 2. The molecule has 3 N–H and O–H groups in total. The molecule has 12 heavy (non-hydrogen) atoms. The predicted molar refractivity (Wildman–Crippen MR) is 54.0 cm³/mol. The maximum absolute atomic E-state index is 5.36. The van der Waals surface area contributed by atoms with Gasteiger partial charge in [-0.2, -0.15) is 0 Å². The first-order chi connectivity index (χ1) is 5.79. The van der Waals surface area contributed by atoms with Gasteiger partial charge in [-0.15, -0.1) is 0 Å². The third kappa shape index (κ3) is 3.72. The molecule has 0 spiro atoms. The summed E-state index contributed by atoms with van der Waals surface area (Å²) in [5.41, 5.74) is 2.67. The van der Waals surface area contributed by atoms with Gasteiger partial charge in [0, 0.05) is 13.0 Å².